The lowest BCUT2D eigenvalue weighted by Gasteiger charge is -2.23. The molecule has 0 spiro atoms. The fourth-order valence-corrected chi connectivity index (χ4v) is 4.43. The van der Waals surface area contributed by atoms with Gasteiger partial charge < -0.3 is 9.80 Å². The monoisotopic (exact) mass is 386 g/mol. The Morgan fingerprint density at radius 1 is 1.19 bits per heavy atom. The molecule has 1 aliphatic rings. The summed E-state index contributed by atoms with van der Waals surface area (Å²) in [5.74, 6) is 0.857. The van der Waals surface area contributed by atoms with Gasteiger partial charge in [-0.15, -0.1) is 11.3 Å². The summed E-state index contributed by atoms with van der Waals surface area (Å²) in [5.41, 5.74) is 2.79. The molecule has 5 nitrogen and oxygen atoms in total. The molecule has 2 N–H and O–H groups in total. The van der Waals surface area contributed by atoms with Gasteiger partial charge in [0.05, 0.1) is 11.9 Å². The SMILES string of the molecule is C[NH+](Cc1ccccc1N1CCCC1)Cn1[nH]c(-c2cccs2)nc1=S. The number of hydrogen-bond donors (Lipinski definition) is 2. The number of hydrogen-bond acceptors (Lipinski definition) is 4. The lowest BCUT2D eigenvalue weighted by atomic mass is 10.1. The predicted octanol–water partition coefficient (Wildman–Crippen LogP) is 2.94. The van der Waals surface area contributed by atoms with Crippen LogP contribution in [0.4, 0.5) is 5.69 Å². The zero-order valence-corrected chi connectivity index (χ0v) is 16.6. The van der Waals surface area contributed by atoms with Crippen molar-refractivity contribution in [1.82, 2.24) is 14.8 Å². The molecule has 3 aromatic rings. The molecule has 0 bridgehead atoms. The number of para-hydroxylation sites is 1. The van der Waals surface area contributed by atoms with E-state index in [9.17, 15) is 0 Å². The van der Waals surface area contributed by atoms with Crippen molar-refractivity contribution in [2.75, 3.05) is 25.0 Å². The van der Waals surface area contributed by atoms with Gasteiger partial charge in [0, 0.05) is 24.3 Å². The van der Waals surface area contributed by atoms with Crippen molar-refractivity contribution in [1.29, 1.82) is 0 Å². The van der Waals surface area contributed by atoms with E-state index in [2.05, 4.69) is 57.7 Å². The van der Waals surface area contributed by atoms with E-state index in [1.54, 1.807) is 11.3 Å². The summed E-state index contributed by atoms with van der Waals surface area (Å²) in [6.07, 6.45) is 2.59. The summed E-state index contributed by atoms with van der Waals surface area (Å²) in [4.78, 5) is 9.51. The highest BCUT2D eigenvalue weighted by Gasteiger charge is 2.17. The molecule has 1 atom stereocenters. The molecule has 0 radical (unpaired) electrons. The van der Waals surface area contributed by atoms with Crippen LogP contribution < -0.4 is 9.80 Å². The largest absolute Gasteiger partial charge is 0.371 e. The predicted molar refractivity (Wildman–Crippen MR) is 109 cm³/mol. The molecule has 0 aliphatic carbocycles. The van der Waals surface area contributed by atoms with E-state index < -0.39 is 0 Å². The molecule has 7 heteroatoms. The molecule has 3 heterocycles. The van der Waals surface area contributed by atoms with Crippen LogP contribution in [0.1, 0.15) is 18.4 Å². The second-order valence-electron chi connectivity index (χ2n) is 6.87. The van der Waals surface area contributed by atoms with Crippen LogP contribution in [0.5, 0.6) is 0 Å². The molecule has 1 aliphatic heterocycles. The van der Waals surface area contributed by atoms with Gasteiger partial charge in [-0.1, -0.05) is 24.3 Å². The smallest absolute Gasteiger partial charge is 0.221 e. The molecule has 0 amide bonds. The van der Waals surface area contributed by atoms with Crippen LogP contribution in [0.25, 0.3) is 10.7 Å². The average Bonchev–Trinajstić information content (AvgIpc) is 3.37. The minimum atomic E-state index is 0.612. The lowest BCUT2D eigenvalue weighted by molar-refractivity contribution is -0.917. The first-order valence-electron chi connectivity index (χ1n) is 9.05. The zero-order valence-electron chi connectivity index (χ0n) is 14.9. The fourth-order valence-electron chi connectivity index (χ4n) is 3.57. The van der Waals surface area contributed by atoms with Crippen molar-refractivity contribution in [3.8, 4) is 10.7 Å². The van der Waals surface area contributed by atoms with Crippen molar-refractivity contribution in [3.05, 3.63) is 52.1 Å². The fraction of sp³-hybridized carbons (Fsp3) is 0.368. The van der Waals surface area contributed by atoms with Gasteiger partial charge in [-0.25, -0.2) is 4.68 Å². The lowest BCUT2D eigenvalue weighted by Crippen LogP contribution is -3.07. The van der Waals surface area contributed by atoms with Gasteiger partial charge >= 0.3 is 0 Å². The molecule has 1 aromatic carbocycles. The van der Waals surface area contributed by atoms with Crippen molar-refractivity contribution in [3.63, 3.8) is 0 Å². The Bertz CT molecular complexity index is 906. The van der Waals surface area contributed by atoms with Crippen LogP contribution in [-0.2, 0) is 13.2 Å². The molecule has 26 heavy (non-hydrogen) atoms. The van der Waals surface area contributed by atoms with Crippen molar-refractivity contribution in [2.24, 2.45) is 0 Å². The first-order chi connectivity index (χ1) is 12.7. The second kappa shape index (κ2) is 7.73. The Hall–Kier alpha value is -1.96. The number of H-pyrrole nitrogens is 1. The maximum Gasteiger partial charge on any atom is 0.221 e. The minimum Gasteiger partial charge on any atom is -0.371 e. The van der Waals surface area contributed by atoms with Gasteiger partial charge in [0.2, 0.25) is 4.77 Å². The molecular weight excluding hydrogens is 362 g/mol. The summed E-state index contributed by atoms with van der Waals surface area (Å²) < 4.78 is 2.58. The molecule has 1 fully saturated rings. The van der Waals surface area contributed by atoms with E-state index in [0.717, 1.165) is 23.9 Å². The van der Waals surface area contributed by atoms with Gasteiger partial charge in [0.1, 0.15) is 6.54 Å². The molecule has 4 rings (SSSR count). The highest BCUT2D eigenvalue weighted by atomic mass is 32.1. The molecular formula is C19H24N5S2+. The average molecular weight is 387 g/mol. The standard InChI is InChI=1S/C19H23N5S2/c1-22(13-15-7-2-3-8-16(15)23-10-4-5-11-23)14-24-19(25)20-18(21-24)17-9-6-12-26-17/h2-3,6-9,12H,4-5,10-11,13-14H2,1H3,(H,20,21,25)/p+1. The summed E-state index contributed by atoms with van der Waals surface area (Å²) in [7, 11) is 2.20. The Morgan fingerprint density at radius 3 is 2.77 bits per heavy atom. The summed E-state index contributed by atoms with van der Waals surface area (Å²) in [5, 5.41) is 5.40. The van der Waals surface area contributed by atoms with E-state index in [0.29, 0.717) is 4.77 Å². The maximum absolute atomic E-state index is 5.45. The van der Waals surface area contributed by atoms with E-state index >= 15 is 0 Å². The summed E-state index contributed by atoms with van der Waals surface area (Å²) in [6, 6.07) is 12.9. The van der Waals surface area contributed by atoms with Gasteiger partial charge in [-0.05, 0) is 42.6 Å². The van der Waals surface area contributed by atoms with Crippen molar-refractivity contribution >= 4 is 29.2 Å². The van der Waals surface area contributed by atoms with Crippen LogP contribution in [0.3, 0.4) is 0 Å². The number of rotatable bonds is 6. The minimum absolute atomic E-state index is 0.612. The molecule has 136 valence electrons. The van der Waals surface area contributed by atoms with Crippen LogP contribution in [0, 0.1) is 4.77 Å². The van der Waals surface area contributed by atoms with Crippen molar-refractivity contribution < 1.29 is 4.90 Å². The highest BCUT2D eigenvalue weighted by molar-refractivity contribution is 7.71. The van der Waals surface area contributed by atoms with Crippen LogP contribution >= 0.6 is 23.6 Å². The van der Waals surface area contributed by atoms with Crippen LogP contribution in [-0.4, -0.2) is 34.9 Å². The number of benzene rings is 1. The number of anilines is 1. The Kier molecular flexibility index (Phi) is 5.19. The zero-order chi connectivity index (χ0) is 17.9. The number of aromatic amines is 1. The third-order valence-electron chi connectivity index (χ3n) is 4.79. The topological polar surface area (TPSA) is 41.3 Å². The maximum atomic E-state index is 5.45. The Labute approximate surface area is 162 Å². The van der Waals surface area contributed by atoms with Gasteiger partial charge in [0.15, 0.2) is 12.5 Å². The van der Waals surface area contributed by atoms with Gasteiger partial charge in [-0.3, -0.25) is 5.10 Å². The number of aromatic nitrogens is 3. The third-order valence-corrected chi connectivity index (χ3v) is 5.98. The molecule has 0 saturated carbocycles. The van der Waals surface area contributed by atoms with Gasteiger partial charge in [-0.2, -0.15) is 4.98 Å². The Morgan fingerprint density at radius 2 is 2.00 bits per heavy atom. The summed E-state index contributed by atoms with van der Waals surface area (Å²) in [6.45, 7) is 4.07. The van der Waals surface area contributed by atoms with E-state index in [4.69, 9.17) is 12.2 Å². The summed E-state index contributed by atoms with van der Waals surface area (Å²) >= 11 is 7.12. The Balaban J connectivity index is 1.48. The van der Waals surface area contributed by atoms with Crippen LogP contribution in [0.15, 0.2) is 41.8 Å². The van der Waals surface area contributed by atoms with Crippen molar-refractivity contribution in [2.45, 2.75) is 26.1 Å². The quantitative estimate of drug-likeness (QED) is 0.640. The van der Waals surface area contributed by atoms with Crippen LogP contribution in [0.2, 0.25) is 0 Å². The number of nitrogens with zero attached hydrogens (tertiary/aromatic N) is 3. The number of thiophene rings is 1. The molecule has 1 unspecified atom stereocenters. The first kappa shape index (κ1) is 17.5. The third kappa shape index (κ3) is 3.75. The molecule has 2 aromatic heterocycles. The number of nitrogens with one attached hydrogen (secondary N) is 2. The van der Waals surface area contributed by atoms with E-state index in [-0.39, 0.29) is 0 Å². The van der Waals surface area contributed by atoms with E-state index in [1.807, 2.05) is 10.7 Å². The number of quaternary nitrogens is 1. The van der Waals surface area contributed by atoms with Gasteiger partial charge in [0.25, 0.3) is 0 Å². The normalized spacial score (nSPS) is 15.5. The highest BCUT2D eigenvalue weighted by Crippen LogP contribution is 2.24. The van der Waals surface area contributed by atoms with E-state index in [1.165, 1.54) is 42.1 Å². The second-order valence-corrected chi connectivity index (χ2v) is 8.19. The first-order valence-corrected chi connectivity index (χ1v) is 10.3. The molecule has 1 saturated heterocycles.